The number of nitrogens with one attached hydrogen (secondary N) is 1. The Morgan fingerprint density at radius 3 is 2.87 bits per heavy atom. The lowest BCUT2D eigenvalue weighted by atomic mass is 10.1. The van der Waals surface area contributed by atoms with E-state index in [0.717, 1.165) is 26.6 Å². The van der Waals surface area contributed by atoms with Gasteiger partial charge in [-0.05, 0) is 42.8 Å². The number of ketones is 1. The number of rotatable bonds is 6. The van der Waals surface area contributed by atoms with Crippen LogP contribution in [-0.2, 0) is 13.2 Å². The summed E-state index contributed by atoms with van der Waals surface area (Å²) in [4.78, 5) is 17.1. The zero-order valence-corrected chi connectivity index (χ0v) is 13.4. The number of hydrogen-bond donors (Lipinski definition) is 2. The largest absolute Gasteiger partial charge is 0.444 e. The monoisotopic (exact) mass is 328 g/mol. The lowest BCUT2D eigenvalue weighted by Crippen LogP contribution is -1.99. The van der Waals surface area contributed by atoms with Crippen molar-refractivity contribution in [2.45, 2.75) is 20.1 Å². The van der Waals surface area contributed by atoms with Crippen molar-refractivity contribution in [3.63, 3.8) is 0 Å². The molecule has 0 aliphatic heterocycles. The minimum atomic E-state index is -0.0843. The topological polar surface area (TPSA) is 75.4 Å². The first-order valence-electron chi connectivity index (χ1n) is 7.13. The SMILES string of the molecule is CC(=O)c1ccc(CNc2ccc(-c3cnco3)c(CO)c2)s1. The molecule has 2 aromatic heterocycles. The number of anilines is 1. The van der Waals surface area contributed by atoms with Gasteiger partial charge in [0.1, 0.15) is 0 Å². The second-order valence-corrected chi connectivity index (χ2v) is 6.24. The maximum Gasteiger partial charge on any atom is 0.181 e. The van der Waals surface area contributed by atoms with Crippen LogP contribution < -0.4 is 5.32 Å². The van der Waals surface area contributed by atoms with Crippen LogP contribution in [0.25, 0.3) is 11.3 Å². The van der Waals surface area contributed by atoms with E-state index in [1.165, 1.54) is 17.7 Å². The molecule has 23 heavy (non-hydrogen) atoms. The van der Waals surface area contributed by atoms with Gasteiger partial charge in [0.05, 0.1) is 17.7 Å². The fourth-order valence-electron chi connectivity index (χ4n) is 2.27. The third-order valence-corrected chi connectivity index (χ3v) is 4.63. The lowest BCUT2D eigenvalue weighted by Gasteiger charge is -2.09. The van der Waals surface area contributed by atoms with Crippen molar-refractivity contribution in [2.24, 2.45) is 0 Å². The van der Waals surface area contributed by atoms with Crippen molar-refractivity contribution >= 4 is 22.8 Å². The fraction of sp³-hybridized carbons (Fsp3) is 0.176. The third kappa shape index (κ3) is 3.49. The Hall–Kier alpha value is -2.44. The number of thiophene rings is 1. The van der Waals surface area contributed by atoms with Gasteiger partial charge < -0.3 is 14.8 Å². The number of aromatic nitrogens is 1. The van der Waals surface area contributed by atoms with Gasteiger partial charge in [-0.15, -0.1) is 11.3 Å². The molecule has 0 saturated carbocycles. The molecule has 2 N–H and O–H groups in total. The Balaban J connectivity index is 1.74. The fourth-order valence-corrected chi connectivity index (χ4v) is 3.12. The first-order valence-corrected chi connectivity index (χ1v) is 7.95. The van der Waals surface area contributed by atoms with Crippen LogP contribution in [-0.4, -0.2) is 15.9 Å². The molecule has 0 aliphatic rings. The van der Waals surface area contributed by atoms with Gasteiger partial charge in [0.25, 0.3) is 0 Å². The van der Waals surface area contributed by atoms with Crippen LogP contribution in [0.2, 0.25) is 0 Å². The molecule has 2 heterocycles. The highest BCUT2D eigenvalue weighted by atomic mass is 32.1. The molecule has 0 spiro atoms. The number of carbonyl (C=O) groups is 1. The van der Waals surface area contributed by atoms with Crippen molar-refractivity contribution in [3.05, 3.63) is 58.2 Å². The highest BCUT2D eigenvalue weighted by Crippen LogP contribution is 2.27. The van der Waals surface area contributed by atoms with Gasteiger partial charge >= 0.3 is 0 Å². The summed E-state index contributed by atoms with van der Waals surface area (Å²) < 4.78 is 5.28. The standard InChI is InChI=1S/C17H16N2O3S/c1-11(21)17-5-3-14(23-17)7-19-13-2-4-15(12(6-13)9-20)16-8-18-10-22-16/h2-6,8,10,19-20H,7,9H2,1H3. The molecule has 1 aromatic carbocycles. The predicted molar refractivity (Wildman–Crippen MR) is 89.5 cm³/mol. The summed E-state index contributed by atoms with van der Waals surface area (Å²) in [6, 6.07) is 9.50. The second kappa shape index (κ2) is 6.76. The van der Waals surface area contributed by atoms with Crippen LogP contribution in [0.5, 0.6) is 0 Å². The Morgan fingerprint density at radius 2 is 2.22 bits per heavy atom. The number of Topliss-reactive ketones (excluding diaryl/α,β-unsaturated/α-hetero) is 1. The molecule has 0 atom stereocenters. The van der Waals surface area contributed by atoms with Crippen molar-refractivity contribution in [2.75, 3.05) is 5.32 Å². The van der Waals surface area contributed by atoms with E-state index in [-0.39, 0.29) is 12.4 Å². The van der Waals surface area contributed by atoms with Crippen molar-refractivity contribution < 1.29 is 14.3 Å². The number of aliphatic hydroxyl groups excluding tert-OH is 1. The normalized spacial score (nSPS) is 10.7. The van der Waals surface area contributed by atoms with E-state index in [1.807, 2.05) is 30.3 Å². The van der Waals surface area contributed by atoms with Crippen LogP contribution in [0.4, 0.5) is 5.69 Å². The van der Waals surface area contributed by atoms with Crippen LogP contribution in [0, 0.1) is 0 Å². The van der Waals surface area contributed by atoms with E-state index in [4.69, 9.17) is 4.42 Å². The molecule has 5 nitrogen and oxygen atoms in total. The summed E-state index contributed by atoms with van der Waals surface area (Å²) in [6.07, 6.45) is 2.99. The van der Waals surface area contributed by atoms with Crippen LogP contribution in [0.15, 0.2) is 47.3 Å². The third-order valence-electron chi connectivity index (χ3n) is 3.45. The first kappa shape index (κ1) is 15.5. The molecule has 0 fully saturated rings. The number of oxazole rings is 1. The van der Waals surface area contributed by atoms with Gasteiger partial charge in [-0.3, -0.25) is 4.79 Å². The van der Waals surface area contributed by atoms with E-state index < -0.39 is 0 Å². The summed E-state index contributed by atoms with van der Waals surface area (Å²) in [5.74, 6) is 0.713. The molecule has 118 valence electrons. The Kier molecular flexibility index (Phi) is 4.55. The van der Waals surface area contributed by atoms with Gasteiger partial charge in [0, 0.05) is 22.7 Å². The zero-order chi connectivity index (χ0) is 16.2. The highest BCUT2D eigenvalue weighted by molar-refractivity contribution is 7.14. The Labute approximate surface area is 137 Å². The van der Waals surface area contributed by atoms with Gasteiger partial charge in [-0.2, -0.15) is 0 Å². The number of carbonyl (C=O) groups excluding carboxylic acids is 1. The molecule has 0 radical (unpaired) electrons. The molecule has 3 rings (SSSR count). The van der Waals surface area contributed by atoms with E-state index in [1.54, 1.807) is 13.1 Å². The average Bonchev–Trinajstić information content (AvgIpc) is 3.24. The molecule has 0 amide bonds. The maximum absolute atomic E-state index is 11.3. The first-order chi connectivity index (χ1) is 11.2. The molecule has 6 heteroatoms. The summed E-state index contributed by atoms with van der Waals surface area (Å²) in [7, 11) is 0. The minimum Gasteiger partial charge on any atom is -0.444 e. The van der Waals surface area contributed by atoms with Crippen molar-refractivity contribution in [3.8, 4) is 11.3 Å². The van der Waals surface area contributed by atoms with E-state index in [2.05, 4.69) is 10.3 Å². The summed E-state index contributed by atoms with van der Waals surface area (Å²) in [5, 5.41) is 12.9. The zero-order valence-electron chi connectivity index (χ0n) is 12.6. The van der Waals surface area contributed by atoms with Crippen LogP contribution in [0.1, 0.15) is 27.0 Å². The summed E-state index contributed by atoms with van der Waals surface area (Å²) >= 11 is 1.49. The molecule has 0 saturated heterocycles. The van der Waals surface area contributed by atoms with Crippen molar-refractivity contribution in [1.29, 1.82) is 0 Å². The van der Waals surface area contributed by atoms with Crippen LogP contribution in [0.3, 0.4) is 0 Å². The predicted octanol–water partition coefficient (Wildman–Crippen LogP) is 3.71. The quantitative estimate of drug-likeness (QED) is 0.675. The molecular weight excluding hydrogens is 312 g/mol. The molecule has 0 aliphatic carbocycles. The van der Waals surface area contributed by atoms with E-state index in [0.29, 0.717) is 12.3 Å². The lowest BCUT2D eigenvalue weighted by molar-refractivity contribution is 0.102. The summed E-state index contributed by atoms with van der Waals surface area (Å²) in [6.45, 7) is 2.11. The number of nitrogens with zero attached hydrogens (tertiary/aromatic N) is 1. The van der Waals surface area contributed by atoms with Gasteiger partial charge in [-0.25, -0.2) is 4.98 Å². The van der Waals surface area contributed by atoms with E-state index in [9.17, 15) is 9.90 Å². The second-order valence-electron chi connectivity index (χ2n) is 5.07. The maximum atomic E-state index is 11.3. The average molecular weight is 328 g/mol. The Bertz CT molecular complexity index is 809. The molecule has 0 unspecified atom stereocenters. The van der Waals surface area contributed by atoms with Crippen LogP contribution >= 0.6 is 11.3 Å². The van der Waals surface area contributed by atoms with Gasteiger partial charge in [-0.1, -0.05) is 0 Å². The van der Waals surface area contributed by atoms with Crippen molar-refractivity contribution in [1.82, 2.24) is 4.98 Å². The molecule has 3 aromatic rings. The minimum absolute atomic E-state index is 0.0835. The highest BCUT2D eigenvalue weighted by Gasteiger charge is 2.09. The Morgan fingerprint density at radius 1 is 1.35 bits per heavy atom. The smallest absolute Gasteiger partial charge is 0.181 e. The number of aliphatic hydroxyl groups is 1. The summed E-state index contributed by atoms with van der Waals surface area (Å²) in [5.41, 5.74) is 2.49. The molecule has 0 bridgehead atoms. The van der Waals surface area contributed by atoms with Gasteiger partial charge in [0.2, 0.25) is 0 Å². The molecular formula is C17H16N2O3S. The number of hydrogen-bond acceptors (Lipinski definition) is 6. The van der Waals surface area contributed by atoms with E-state index >= 15 is 0 Å². The van der Waals surface area contributed by atoms with Gasteiger partial charge in [0.15, 0.2) is 17.9 Å². The number of benzene rings is 1.